The van der Waals surface area contributed by atoms with E-state index in [2.05, 4.69) is 0 Å². The van der Waals surface area contributed by atoms with Crippen molar-refractivity contribution in [2.75, 3.05) is 11.9 Å². The molecule has 0 aliphatic heterocycles. The van der Waals surface area contributed by atoms with E-state index >= 15 is 0 Å². The Kier molecular flexibility index (Phi) is 4.22. The van der Waals surface area contributed by atoms with E-state index in [1.807, 2.05) is 16.8 Å². The van der Waals surface area contributed by atoms with Crippen LogP contribution in [0.2, 0.25) is 0 Å². The van der Waals surface area contributed by atoms with Crippen molar-refractivity contribution in [3.63, 3.8) is 0 Å². The second-order valence-electron chi connectivity index (χ2n) is 4.52. The molecule has 0 spiro atoms. The van der Waals surface area contributed by atoms with Crippen molar-refractivity contribution in [2.45, 2.75) is 12.7 Å². The summed E-state index contributed by atoms with van der Waals surface area (Å²) in [5.74, 6) is -1.38. The standard InChI is InChI=1S/C14H12F3NO2S/c1-18(7-9-4-5-21-8-9)12-3-2-10(14(15,16)17)6-11(12)13(19)20/h2-6,8H,7H2,1H3,(H,19,20). The molecule has 1 aromatic carbocycles. The number of nitrogens with zero attached hydrogens (tertiary/aromatic N) is 1. The molecule has 0 aliphatic carbocycles. The molecule has 0 aliphatic rings. The van der Waals surface area contributed by atoms with Crippen LogP contribution in [0.3, 0.4) is 0 Å². The number of aromatic carboxylic acids is 1. The Balaban J connectivity index is 2.36. The van der Waals surface area contributed by atoms with E-state index in [1.54, 1.807) is 11.9 Å². The molecular formula is C14H12F3NO2S. The van der Waals surface area contributed by atoms with E-state index in [1.165, 1.54) is 17.4 Å². The van der Waals surface area contributed by atoms with E-state index in [9.17, 15) is 18.0 Å². The molecule has 0 bridgehead atoms. The number of rotatable bonds is 4. The SMILES string of the molecule is CN(Cc1ccsc1)c1ccc(C(F)(F)F)cc1C(=O)O. The number of anilines is 1. The molecule has 112 valence electrons. The summed E-state index contributed by atoms with van der Waals surface area (Å²) in [6.45, 7) is 0.426. The van der Waals surface area contributed by atoms with Gasteiger partial charge in [0.2, 0.25) is 0 Å². The molecule has 0 radical (unpaired) electrons. The van der Waals surface area contributed by atoms with Crippen LogP contribution in [0.5, 0.6) is 0 Å². The predicted molar refractivity (Wildman–Crippen MR) is 74.8 cm³/mol. The van der Waals surface area contributed by atoms with E-state index in [-0.39, 0.29) is 11.3 Å². The Hall–Kier alpha value is -2.02. The number of carboxylic acid groups (broad SMARTS) is 1. The molecular weight excluding hydrogens is 303 g/mol. The molecule has 21 heavy (non-hydrogen) atoms. The third-order valence-electron chi connectivity index (χ3n) is 2.97. The molecule has 0 saturated heterocycles. The molecule has 1 N–H and O–H groups in total. The summed E-state index contributed by atoms with van der Waals surface area (Å²) in [6, 6.07) is 4.64. The van der Waals surface area contributed by atoms with Gasteiger partial charge in [-0.2, -0.15) is 24.5 Å². The highest BCUT2D eigenvalue weighted by Crippen LogP contribution is 2.33. The maximum Gasteiger partial charge on any atom is 0.416 e. The molecule has 2 rings (SSSR count). The Morgan fingerprint density at radius 2 is 2.05 bits per heavy atom. The second kappa shape index (κ2) is 5.77. The predicted octanol–water partition coefficient (Wildman–Crippen LogP) is 4.10. The van der Waals surface area contributed by atoms with Gasteiger partial charge in [-0.1, -0.05) is 0 Å². The number of hydrogen-bond donors (Lipinski definition) is 1. The van der Waals surface area contributed by atoms with Gasteiger partial charge < -0.3 is 10.0 Å². The number of carboxylic acids is 1. The van der Waals surface area contributed by atoms with Gasteiger partial charge in [-0.05, 0) is 40.6 Å². The summed E-state index contributed by atoms with van der Waals surface area (Å²) in [7, 11) is 1.65. The summed E-state index contributed by atoms with van der Waals surface area (Å²) in [5, 5.41) is 12.9. The zero-order chi connectivity index (χ0) is 15.6. The van der Waals surface area contributed by atoms with Gasteiger partial charge in [-0.3, -0.25) is 0 Å². The molecule has 0 amide bonds. The lowest BCUT2D eigenvalue weighted by Crippen LogP contribution is -2.20. The van der Waals surface area contributed by atoms with Crippen molar-refractivity contribution in [1.29, 1.82) is 0 Å². The Bertz CT molecular complexity index is 638. The van der Waals surface area contributed by atoms with Crippen molar-refractivity contribution >= 4 is 23.0 Å². The monoisotopic (exact) mass is 315 g/mol. The Morgan fingerprint density at radius 1 is 1.33 bits per heavy atom. The summed E-state index contributed by atoms with van der Waals surface area (Å²) < 4.78 is 38.0. The topological polar surface area (TPSA) is 40.5 Å². The van der Waals surface area contributed by atoms with Crippen LogP contribution in [-0.4, -0.2) is 18.1 Å². The Morgan fingerprint density at radius 3 is 2.57 bits per heavy atom. The third-order valence-corrected chi connectivity index (χ3v) is 3.70. The van der Waals surface area contributed by atoms with Gasteiger partial charge in [-0.15, -0.1) is 0 Å². The highest BCUT2D eigenvalue weighted by Gasteiger charge is 2.32. The third kappa shape index (κ3) is 3.55. The first-order valence-electron chi connectivity index (χ1n) is 5.96. The lowest BCUT2D eigenvalue weighted by Gasteiger charge is -2.21. The molecule has 1 aromatic heterocycles. The number of alkyl halides is 3. The van der Waals surface area contributed by atoms with Crippen LogP contribution < -0.4 is 4.90 Å². The molecule has 2 aromatic rings. The summed E-state index contributed by atoms with van der Waals surface area (Å²) in [6.07, 6.45) is -4.56. The number of hydrogen-bond acceptors (Lipinski definition) is 3. The van der Waals surface area contributed by atoms with Gasteiger partial charge in [-0.25, -0.2) is 4.79 Å². The van der Waals surface area contributed by atoms with E-state index in [0.29, 0.717) is 12.6 Å². The largest absolute Gasteiger partial charge is 0.478 e. The van der Waals surface area contributed by atoms with E-state index in [0.717, 1.165) is 11.6 Å². The first-order chi connectivity index (χ1) is 9.79. The molecule has 0 saturated carbocycles. The van der Waals surface area contributed by atoms with Crippen LogP contribution in [0.1, 0.15) is 21.5 Å². The van der Waals surface area contributed by atoms with Crippen LogP contribution in [0.15, 0.2) is 35.0 Å². The minimum Gasteiger partial charge on any atom is -0.478 e. The lowest BCUT2D eigenvalue weighted by molar-refractivity contribution is -0.137. The molecule has 0 fully saturated rings. The maximum atomic E-state index is 12.7. The van der Waals surface area contributed by atoms with Crippen molar-refractivity contribution in [2.24, 2.45) is 0 Å². The molecule has 0 unspecified atom stereocenters. The molecule has 3 nitrogen and oxygen atoms in total. The van der Waals surface area contributed by atoms with Gasteiger partial charge in [0.25, 0.3) is 0 Å². The van der Waals surface area contributed by atoms with Gasteiger partial charge in [0.05, 0.1) is 16.8 Å². The van der Waals surface area contributed by atoms with Crippen LogP contribution in [0.25, 0.3) is 0 Å². The zero-order valence-electron chi connectivity index (χ0n) is 11.0. The van der Waals surface area contributed by atoms with Crippen molar-refractivity contribution in [3.8, 4) is 0 Å². The highest BCUT2D eigenvalue weighted by atomic mass is 32.1. The minimum absolute atomic E-state index is 0.252. The number of halogens is 3. The molecule has 0 atom stereocenters. The smallest absolute Gasteiger partial charge is 0.416 e. The van der Waals surface area contributed by atoms with Crippen LogP contribution in [0.4, 0.5) is 18.9 Å². The fourth-order valence-corrected chi connectivity index (χ4v) is 2.62. The van der Waals surface area contributed by atoms with Crippen molar-refractivity contribution in [1.82, 2.24) is 0 Å². The van der Waals surface area contributed by atoms with Crippen LogP contribution >= 0.6 is 11.3 Å². The maximum absolute atomic E-state index is 12.7. The Labute approximate surface area is 123 Å². The fourth-order valence-electron chi connectivity index (χ4n) is 1.96. The highest BCUT2D eigenvalue weighted by molar-refractivity contribution is 7.07. The summed E-state index contributed by atoms with van der Waals surface area (Å²) >= 11 is 1.50. The molecule has 1 heterocycles. The average molecular weight is 315 g/mol. The average Bonchev–Trinajstić information content (AvgIpc) is 2.89. The number of benzene rings is 1. The summed E-state index contributed by atoms with van der Waals surface area (Å²) in [4.78, 5) is 12.8. The number of thiophene rings is 1. The van der Waals surface area contributed by atoms with Gasteiger partial charge >= 0.3 is 12.1 Å². The van der Waals surface area contributed by atoms with Crippen molar-refractivity contribution in [3.05, 3.63) is 51.7 Å². The van der Waals surface area contributed by atoms with Crippen LogP contribution in [-0.2, 0) is 12.7 Å². The van der Waals surface area contributed by atoms with Gasteiger partial charge in [0.15, 0.2) is 0 Å². The van der Waals surface area contributed by atoms with Crippen LogP contribution in [0, 0.1) is 0 Å². The normalized spacial score (nSPS) is 11.4. The first kappa shape index (κ1) is 15.4. The van der Waals surface area contributed by atoms with Gasteiger partial charge in [0, 0.05) is 13.6 Å². The first-order valence-corrected chi connectivity index (χ1v) is 6.90. The second-order valence-corrected chi connectivity index (χ2v) is 5.30. The number of carbonyl (C=O) groups is 1. The van der Waals surface area contributed by atoms with Crippen molar-refractivity contribution < 1.29 is 23.1 Å². The van der Waals surface area contributed by atoms with E-state index in [4.69, 9.17) is 5.11 Å². The zero-order valence-corrected chi connectivity index (χ0v) is 11.8. The fraction of sp³-hybridized carbons (Fsp3) is 0.214. The molecule has 7 heteroatoms. The minimum atomic E-state index is -4.56. The lowest BCUT2D eigenvalue weighted by atomic mass is 10.1. The van der Waals surface area contributed by atoms with Gasteiger partial charge in [0.1, 0.15) is 0 Å². The van der Waals surface area contributed by atoms with E-state index < -0.39 is 17.7 Å². The summed E-state index contributed by atoms with van der Waals surface area (Å²) in [5.41, 5.74) is -0.101. The quantitative estimate of drug-likeness (QED) is 0.923.